The van der Waals surface area contributed by atoms with Gasteiger partial charge in [0.25, 0.3) is 0 Å². The van der Waals surface area contributed by atoms with Crippen molar-refractivity contribution in [2.45, 2.75) is 0 Å². The number of rotatable bonds is 0. The van der Waals surface area contributed by atoms with Gasteiger partial charge >= 0.3 is 0 Å². The minimum Gasteiger partial charge on any atom is -0.344 e. The van der Waals surface area contributed by atoms with Crippen LogP contribution in [-0.4, -0.2) is 9.97 Å². The molecule has 0 bridgehead atoms. The quantitative estimate of drug-likeness (QED) is 0.669. The average Bonchev–Trinajstić information content (AvgIpc) is 2.12. The number of aromatic amines is 1. The van der Waals surface area contributed by atoms with Gasteiger partial charge in [-0.25, -0.2) is 4.98 Å². The predicted octanol–water partition coefficient (Wildman–Crippen LogP) is 1.58. The minimum atomic E-state index is -0.182. The van der Waals surface area contributed by atoms with Crippen molar-refractivity contribution in [3.05, 3.63) is 39.8 Å². The monoisotopic (exact) mass is 180 g/mol. The summed E-state index contributed by atoms with van der Waals surface area (Å²) in [5.74, 6) is 0. The highest BCUT2D eigenvalue weighted by Crippen LogP contribution is 2.06. The molecule has 0 aromatic carbocycles. The van der Waals surface area contributed by atoms with Crippen molar-refractivity contribution in [3.8, 4) is 0 Å². The molecule has 60 valence electrons. The number of fused-ring (bicyclic) bond motifs is 1. The second-order valence-corrected chi connectivity index (χ2v) is 2.77. The summed E-state index contributed by atoms with van der Waals surface area (Å²) in [4.78, 5) is 18.1. The van der Waals surface area contributed by atoms with Crippen molar-refractivity contribution in [2.24, 2.45) is 0 Å². The third-order valence-electron chi connectivity index (χ3n) is 1.60. The lowest BCUT2D eigenvalue weighted by Gasteiger charge is -1.94. The minimum absolute atomic E-state index is 0.182. The van der Waals surface area contributed by atoms with E-state index in [1.54, 1.807) is 18.3 Å². The Hall–Kier alpha value is -1.35. The maximum absolute atomic E-state index is 11.3. The van der Waals surface area contributed by atoms with Crippen molar-refractivity contribution in [1.29, 1.82) is 0 Å². The van der Waals surface area contributed by atoms with Crippen LogP contribution in [0.4, 0.5) is 0 Å². The lowest BCUT2D eigenvalue weighted by molar-refractivity contribution is 1.28. The zero-order valence-electron chi connectivity index (χ0n) is 6.04. The molecule has 0 spiro atoms. The van der Waals surface area contributed by atoms with Gasteiger partial charge in [-0.3, -0.25) is 4.79 Å². The molecular weight excluding hydrogens is 176 g/mol. The fourth-order valence-corrected chi connectivity index (χ4v) is 1.19. The summed E-state index contributed by atoms with van der Waals surface area (Å²) >= 11 is 5.62. The smallest absolute Gasteiger partial charge is 0.209 e. The lowest BCUT2D eigenvalue weighted by atomic mass is 10.3. The van der Waals surface area contributed by atoms with Gasteiger partial charge in [-0.15, -0.1) is 0 Å². The summed E-state index contributed by atoms with van der Waals surface area (Å²) in [6.07, 6.45) is 3.06. The molecule has 2 aromatic rings. The zero-order chi connectivity index (χ0) is 8.55. The van der Waals surface area contributed by atoms with E-state index in [0.29, 0.717) is 11.0 Å². The molecule has 0 fully saturated rings. The van der Waals surface area contributed by atoms with E-state index < -0.39 is 0 Å². The van der Waals surface area contributed by atoms with Gasteiger partial charge in [-0.1, -0.05) is 11.6 Å². The summed E-state index contributed by atoms with van der Waals surface area (Å²) in [7, 11) is 0. The molecular formula is C8H5ClN2O. The molecule has 0 aliphatic rings. The maximum atomic E-state index is 11.3. The molecule has 2 rings (SSSR count). The van der Waals surface area contributed by atoms with Gasteiger partial charge < -0.3 is 4.98 Å². The van der Waals surface area contributed by atoms with Crippen LogP contribution in [0.2, 0.25) is 5.02 Å². The second-order valence-electron chi connectivity index (χ2n) is 2.37. The average molecular weight is 181 g/mol. The highest BCUT2D eigenvalue weighted by molar-refractivity contribution is 6.30. The van der Waals surface area contributed by atoms with E-state index in [4.69, 9.17) is 11.6 Å². The first kappa shape index (κ1) is 7.31. The van der Waals surface area contributed by atoms with Gasteiger partial charge in [0, 0.05) is 12.4 Å². The van der Waals surface area contributed by atoms with Gasteiger partial charge in [0.1, 0.15) is 10.7 Å². The number of hydrogen-bond donors (Lipinski definition) is 1. The van der Waals surface area contributed by atoms with E-state index in [2.05, 4.69) is 9.97 Å². The van der Waals surface area contributed by atoms with Crippen molar-refractivity contribution in [2.75, 3.05) is 0 Å². The number of aromatic nitrogens is 2. The number of nitrogens with zero attached hydrogens (tertiary/aromatic N) is 1. The summed E-state index contributed by atoms with van der Waals surface area (Å²) < 4.78 is 0. The molecule has 0 aliphatic heterocycles. The van der Waals surface area contributed by atoms with E-state index >= 15 is 0 Å². The van der Waals surface area contributed by atoms with Crippen LogP contribution in [0.25, 0.3) is 11.0 Å². The van der Waals surface area contributed by atoms with E-state index in [9.17, 15) is 4.79 Å². The molecule has 0 saturated heterocycles. The van der Waals surface area contributed by atoms with Crippen LogP contribution >= 0.6 is 11.6 Å². The van der Waals surface area contributed by atoms with Crippen LogP contribution in [0.15, 0.2) is 29.3 Å². The third-order valence-corrected chi connectivity index (χ3v) is 1.89. The lowest BCUT2D eigenvalue weighted by Crippen LogP contribution is -2.03. The molecule has 4 heteroatoms. The van der Waals surface area contributed by atoms with Crippen molar-refractivity contribution in [1.82, 2.24) is 9.97 Å². The molecule has 0 saturated carbocycles. The standard InChI is InChI=1S/C8H5ClN2O/c9-6-4-11-8-5(7(6)12)2-1-3-10-8/h1-4H,(H,10,11,12). The van der Waals surface area contributed by atoms with Crippen molar-refractivity contribution in [3.63, 3.8) is 0 Å². The summed E-state index contributed by atoms with van der Waals surface area (Å²) in [5.41, 5.74) is 0.380. The highest BCUT2D eigenvalue weighted by Gasteiger charge is 2.01. The topological polar surface area (TPSA) is 45.8 Å². The molecule has 0 unspecified atom stereocenters. The van der Waals surface area contributed by atoms with Gasteiger partial charge in [-0.05, 0) is 12.1 Å². The van der Waals surface area contributed by atoms with Gasteiger partial charge in [-0.2, -0.15) is 0 Å². The van der Waals surface area contributed by atoms with Crippen molar-refractivity contribution < 1.29 is 0 Å². The Morgan fingerprint density at radius 2 is 2.33 bits per heavy atom. The Morgan fingerprint density at radius 1 is 1.50 bits per heavy atom. The van der Waals surface area contributed by atoms with E-state index in [-0.39, 0.29) is 10.5 Å². The van der Waals surface area contributed by atoms with Crippen LogP contribution in [0, 0.1) is 0 Å². The van der Waals surface area contributed by atoms with E-state index in [0.717, 1.165) is 0 Å². The Bertz CT molecular complexity index is 478. The molecule has 1 N–H and O–H groups in total. The number of halogens is 1. The fraction of sp³-hybridized carbons (Fsp3) is 0. The predicted molar refractivity (Wildman–Crippen MR) is 47.4 cm³/mol. The third kappa shape index (κ3) is 0.987. The van der Waals surface area contributed by atoms with Gasteiger partial charge in [0.05, 0.1) is 5.39 Å². The number of H-pyrrole nitrogens is 1. The molecule has 0 aliphatic carbocycles. The van der Waals surface area contributed by atoms with E-state index in [1.807, 2.05) is 0 Å². The Kier molecular flexibility index (Phi) is 1.59. The molecule has 3 nitrogen and oxygen atoms in total. The van der Waals surface area contributed by atoms with Crippen LogP contribution in [-0.2, 0) is 0 Å². The first-order chi connectivity index (χ1) is 5.79. The highest BCUT2D eigenvalue weighted by atomic mass is 35.5. The number of nitrogens with one attached hydrogen (secondary N) is 1. The Morgan fingerprint density at radius 3 is 3.17 bits per heavy atom. The number of hydrogen-bond acceptors (Lipinski definition) is 2. The second kappa shape index (κ2) is 2.60. The number of pyridine rings is 2. The van der Waals surface area contributed by atoms with Crippen LogP contribution in [0.1, 0.15) is 0 Å². The Balaban J connectivity index is 3.01. The Labute approximate surface area is 73.0 Å². The summed E-state index contributed by atoms with van der Waals surface area (Å²) in [6.45, 7) is 0. The molecule has 12 heavy (non-hydrogen) atoms. The molecule has 0 amide bonds. The molecule has 2 heterocycles. The maximum Gasteiger partial charge on any atom is 0.209 e. The van der Waals surface area contributed by atoms with Crippen molar-refractivity contribution >= 4 is 22.6 Å². The first-order valence-corrected chi connectivity index (χ1v) is 3.79. The fourth-order valence-electron chi connectivity index (χ4n) is 1.03. The largest absolute Gasteiger partial charge is 0.344 e. The summed E-state index contributed by atoms with van der Waals surface area (Å²) in [5, 5.41) is 0.709. The van der Waals surface area contributed by atoms with E-state index in [1.165, 1.54) is 6.20 Å². The SMILES string of the molecule is O=c1c(Cl)c[nH]c2ncccc12. The van der Waals surface area contributed by atoms with Gasteiger partial charge in [0.2, 0.25) is 5.43 Å². The molecule has 0 atom stereocenters. The van der Waals surface area contributed by atoms with Crippen LogP contribution < -0.4 is 5.43 Å². The van der Waals surface area contributed by atoms with Gasteiger partial charge in [0.15, 0.2) is 0 Å². The molecule has 2 aromatic heterocycles. The zero-order valence-corrected chi connectivity index (χ0v) is 6.80. The van der Waals surface area contributed by atoms with Crippen LogP contribution in [0.3, 0.4) is 0 Å². The summed E-state index contributed by atoms with van der Waals surface area (Å²) in [6, 6.07) is 3.39. The normalized spacial score (nSPS) is 10.4. The first-order valence-electron chi connectivity index (χ1n) is 3.41. The van der Waals surface area contributed by atoms with Crippen LogP contribution in [0.5, 0.6) is 0 Å². The molecule has 0 radical (unpaired) electrons.